The van der Waals surface area contributed by atoms with Crippen LogP contribution in [0.2, 0.25) is 0 Å². The number of fused-ring (bicyclic) bond motifs is 1. The van der Waals surface area contributed by atoms with Crippen molar-refractivity contribution in [3.8, 4) is 0 Å². The van der Waals surface area contributed by atoms with Crippen molar-refractivity contribution in [2.24, 2.45) is 23.2 Å². The Hall–Kier alpha value is -2.16. The fraction of sp³-hybridized carbons (Fsp3) is 0.455. The van der Waals surface area contributed by atoms with Gasteiger partial charge in [-0.25, -0.2) is 0 Å². The number of hydrogen-bond donors (Lipinski definition) is 1. The third kappa shape index (κ3) is 2.48. The first kappa shape index (κ1) is 15.1. The van der Waals surface area contributed by atoms with Crippen LogP contribution in [0.3, 0.4) is 0 Å². The molecule has 4 fully saturated rings. The number of aromatic amines is 1. The molecule has 128 valence electrons. The fourth-order valence-corrected chi connectivity index (χ4v) is 6.04. The summed E-state index contributed by atoms with van der Waals surface area (Å²) in [6, 6.07) is 9.60. The van der Waals surface area contributed by atoms with Crippen LogP contribution in [0.25, 0.3) is 17.0 Å². The van der Waals surface area contributed by atoms with Crippen LogP contribution in [0.5, 0.6) is 0 Å². The number of carbonyl (C=O) groups excluding carboxylic acids is 1. The molecule has 2 aromatic rings. The van der Waals surface area contributed by atoms with Crippen molar-refractivity contribution < 1.29 is 4.79 Å². The molecule has 0 radical (unpaired) electrons. The Labute approximate surface area is 147 Å². The summed E-state index contributed by atoms with van der Waals surface area (Å²) in [6.45, 7) is 0. The van der Waals surface area contributed by atoms with E-state index in [2.05, 4.69) is 4.98 Å². The summed E-state index contributed by atoms with van der Waals surface area (Å²) in [7, 11) is 0. The number of rotatable bonds is 3. The van der Waals surface area contributed by atoms with E-state index in [0.29, 0.717) is 5.56 Å². The lowest BCUT2D eigenvalue weighted by molar-refractivity contribution is -0.138. The quantitative estimate of drug-likeness (QED) is 0.850. The lowest BCUT2D eigenvalue weighted by Gasteiger charge is -2.55. The van der Waals surface area contributed by atoms with Gasteiger partial charge in [-0.1, -0.05) is 18.2 Å². The third-order valence-electron chi connectivity index (χ3n) is 6.76. The van der Waals surface area contributed by atoms with Crippen LogP contribution in [0, 0.1) is 23.2 Å². The molecule has 4 bridgehead atoms. The maximum Gasteiger partial charge on any atom is 0.255 e. The highest BCUT2D eigenvalue weighted by atomic mass is 16.1. The minimum Gasteiger partial charge on any atom is -0.321 e. The predicted octanol–water partition coefficient (Wildman–Crippen LogP) is 4.33. The minimum atomic E-state index is -0.131. The average molecular weight is 333 g/mol. The summed E-state index contributed by atoms with van der Waals surface area (Å²) in [5.41, 5.74) is 1.14. The summed E-state index contributed by atoms with van der Waals surface area (Å²) in [6.07, 6.45) is 10.6. The molecule has 4 saturated carbocycles. The molecule has 3 nitrogen and oxygen atoms in total. The van der Waals surface area contributed by atoms with Crippen molar-refractivity contribution in [1.82, 2.24) is 4.98 Å². The molecule has 4 aliphatic carbocycles. The maximum absolute atomic E-state index is 13.0. The number of benzene rings is 1. The van der Waals surface area contributed by atoms with Crippen molar-refractivity contribution in [3.63, 3.8) is 0 Å². The molecule has 1 heterocycles. The van der Waals surface area contributed by atoms with E-state index < -0.39 is 0 Å². The van der Waals surface area contributed by atoms with E-state index in [1.54, 1.807) is 12.2 Å². The number of ketones is 1. The summed E-state index contributed by atoms with van der Waals surface area (Å²) in [4.78, 5) is 28.2. The molecule has 0 amide bonds. The number of aromatic nitrogens is 1. The van der Waals surface area contributed by atoms with Crippen molar-refractivity contribution in [3.05, 3.63) is 52.3 Å². The zero-order chi connectivity index (χ0) is 17.0. The zero-order valence-electron chi connectivity index (χ0n) is 14.3. The number of hydrogen-bond acceptors (Lipinski definition) is 2. The number of para-hydroxylation sites is 1. The minimum absolute atomic E-state index is 0.130. The first-order chi connectivity index (χ1) is 12.1. The van der Waals surface area contributed by atoms with Gasteiger partial charge in [-0.2, -0.15) is 0 Å². The SMILES string of the molecule is O=C(C=Cc1cc2ccccc2[nH]c1=O)C12CC3CC(CC(C3)C1)C2. The number of carbonyl (C=O) groups is 1. The standard InChI is InChI=1S/C22H23NO2/c24-20(22-11-14-7-15(12-22)9-16(8-14)13-22)6-5-18-10-17-3-1-2-4-19(17)23-21(18)25/h1-6,10,14-16H,7-9,11-13H2,(H,23,25). The summed E-state index contributed by atoms with van der Waals surface area (Å²) in [5, 5.41) is 0.990. The van der Waals surface area contributed by atoms with Crippen LogP contribution in [0.1, 0.15) is 44.1 Å². The zero-order valence-corrected chi connectivity index (χ0v) is 14.3. The molecule has 0 atom stereocenters. The Bertz CT molecular complexity index is 901. The summed E-state index contributed by atoms with van der Waals surface area (Å²) >= 11 is 0. The largest absolute Gasteiger partial charge is 0.321 e. The second kappa shape index (κ2) is 5.42. The molecule has 25 heavy (non-hydrogen) atoms. The van der Waals surface area contributed by atoms with Gasteiger partial charge in [0.1, 0.15) is 0 Å². The molecule has 4 aliphatic rings. The van der Waals surface area contributed by atoms with Gasteiger partial charge in [0.15, 0.2) is 5.78 Å². The van der Waals surface area contributed by atoms with Crippen LogP contribution in [0.4, 0.5) is 0 Å². The van der Waals surface area contributed by atoms with Crippen LogP contribution in [0.15, 0.2) is 41.2 Å². The van der Waals surface area contributed by atoms with E-state index in [9.17, 15) is 9.59 Å². The number of H-pyrrole nitrogens is 1. The number of pyridine rings is 1. The van der Waals surface area contributed by atoms with E-state index in [4.69, 9.17) is 0 Å². The van der Waals surface area contributed by atoms with Gasteiger partial charge in [-0.05, 0) is 85.9 Å². The molecule has 0 spiro atoms. The van der Waals surface area contributed by atoms with Crippen LogP contribution >= 0.6 is 0 Å². The number of nitrogens with one attached hydrogen (secondary N) is 1. The first-order valence-corrected chi connectivity index (χ1v) is 9.46. The number of allylic oxidation sites excluding steroid dienone is 1. The van der Waals surface area contributed by atoms with Gasteiger partial charge in [0, 0.05) is 16.5 Å². The highest BCUT2D eigenvalue weighted by Gasteiger charge is 2.53. The molecule has 1 aromatic carbocycles. The highest BCUT2D eigenvalue weighted by Crippen LogP contribution is 2.60. The van der Waals surface area contributed by atoms with Gasteiger partial charge in [-0.15, -0.1) is 0 Å². The van der Waals surface area contributed by atoms with Crippen molar-refractivity contribution in [2.45, 2.75) is 38.5 Å². The predicted molar refractivity (Wildman–Crippen MR) is 99.2 cm³/mol. The molecule has 0 unspecified atom stereocenters. The van der Waals surface area contributed by atoms with Crippen LogP contribution in [-0.4, -0.2) is 10.8 Å². The Morgan fingerprint density at radius 2 is 1.68 bits per heavy atom. The molecule has 0 aliphatic heterocycles. The molecule has 0 saturated heterocycles. The molecule has 1 aromatic heterocycles. The molecule has 6 rings (SSSR count). The van der Waals surface area contributed by atoms with E-state index in [0.717, 1.165) is 47.9 Å². The lowest BCUT2D eigenvalue weighted by Crippen LogP contribution is -2.49. The maximum atomic E-state index is 13.0. The third-order valence-corrected chi connectivity index (χ3v) is 6.76. The van der Waals surface area contributed by atoms with Crippen molar-refractivity contribution in [1.29, 1.82) is 0 Å². The lowest BCUT2D eigenvalue weighted by atomic mass is 9.48. The van der Waals surface area contributed by atoms with Gasteiger partial charge in [0.25, 0.3) is 5.56 Å². The van der Waals surface area contributed by atoms with Gasteiger partial charge in [-0.3, -0.25) is 9.59 Å². The monoisotopic (exact) mass is 333 g/mol. The Morgan fingerprint density at radius 3 is 2.36 bits per heavy atom. The van der Waals surface area contributed by atoms with E-state index in [1.165, 1.54) is 19.3 Å². The second-order valence-electron chi connectivity index (χ2n) is 8.54. The Kier molecular flexibility index (Phi) is 3.28. The molecule has 3 heteroatoms. The van der Waals surface area contributed by atoms with Crippen LogP contribution in [-0.2, 0) is 4.79 Å². The van der Waals surface area contributed by atoms with Crippen molar-refractivity contribution in [2.75, 3.05) is 0 Å². The normalized spacial score (nSPS) is 33.4. The Morgan fingerprint density at radius 1 is 1.04 bits per heavy atom. The van der Waals surface area contributed by atoms with Crippen LogP contribution < -0.4 is 5.56 Å². The highest BCUT2D eigenvalue weighted by molar-refractivity contribution is 5.98. The second-order valence-corrected chi connectivity index (χ2v) is 8.54. The van der Waals surface area contributed by atoms with Gasteiger partial charge >= 0.3 is 0 Å². The van der Waals surface area contributed by atoms with Gasteiger partial charge in [0.05, 0.1) is 0 Å². The molecular formula is C22H23NO2. The van der Waals surface area contributed by atoms with Crippen molar-refractivity contribution >= 4 is 22.8 Å². The first-order valence-electron chi connectivity index (χ1n) is 9.46. The van der Waals surface area contributed by atoms with E-state index in [-0.39, 0.29) is 16.8 Å². The van der Waals surface area contributed by atoms with E-state index >= 15 is 0 Å². The fourth-order valence-electron chi connectivity index (χ4n) is 6.04. The van der Waals surface area contributed by atoms with Gasteiger partial charge < -0.3 is 4.98 Å². The van der Waals surface area contributed by atoms with E-state index in [1.807, 2.05) is 30.3 Å². The molecular weight excluding hydrogens is 310 g/mol. The smallest absolute Gasteiger partial charge is 0.255 e. The summed E-state index contributed by atoms with van der Waals surface area (Å²) < 4.78 is 0. The Balaban J connectivity index is 1.44. The topological polar surface area (TPSA) is 49.9 Å². The average Bonchev–Trinajstić information content (AvgIpc) is 2.58. The summed E-state index contributed by atoms with van der Waals surface area (Å²) in [5.74, 6) is 2.52. The van der Waals surface area contributed by atoms with Gasteiger partial charge in [0.2, 0.25) is 0 Å². The molecule has 1 N–H and O–H groups in total.